The number of rotatable bonds is 1. The van der Waals surface area contributed by atoms with E-state index in [2.05, 4.69) is 0 Å². The first-order valence-electron chi connectivity index (χ1n) is 3.85. The number of aromatic hydroxyl groups is 1. The van der Waals surface area contributed by atoms with Crippen molar-refractivity contribution in [2.75, 3.05) is 5.73 Å². The van der Waals surface area contributed by atoms with Crippen molar-refractivity contribution in [1.82, 2.24) is 0 Å². The van der Waals surface area contributed by atoms with Gasteiger partial charge in [-0.1, -0.05) is 6.07 Å². The fourth-order valence-corrected chi connectivity index (χ4v) is 0.715. The Hall–Kier alpha value is -1.75. The normalized spacial score (nSPS) is 8.71. The van der Waals surface area contributed by atoms with E-state index in [4.69, 9.17) is 25.8 Å². The Balaban J connectivity index is 0.000000364. The highest BCUT2D eigenvalue weighted by atomic mass is 16.4. The van der Waals surface area contributed by atoms with Crippen LogP contribution in [-0.2, 0) is 11.4 Å². The lowest BCUT2D eigenvalue weighted by Gasteiger charge is -2.00. The number of nitrogens with two attached hydrogens (primary N) is 1. The van der Waals surface area contributed by atoms with Crippen LogP contribution in [0.2, 0.25) is 0 Å². The zero-order chi connectivity index (χ0) is 11.1. The molecule has 1 aromatic rings. The van der Waals surface area contributed by atoms with Gasteiger partial charge in [0.25, 0.3) is 5.97 Å². The molecule has 0 aromatic heterocycles. The minimum absolute atomic E-state index is 0.0440. The maximum atomic E-state index is 9.05. The van der Waals surface area contributed by atoms with Crippen LogP contribution in [-0.4, -0.2) is 21.3 Å². The summed E-state index contributed by atoms with van der Waals surface area (Å²) < 4.78 is 0. The van der Waals surface area contributed by atoms with Gasteiger partial charge in [0.1, 0.15) is 5.75 Å². The lowest BCUT2D eigenvalue weighted by Crippen LogP contribution is -1.87. The number of nitrogen functional groups attached to an aromatic ring is 1. The Labute approximate surface area is 81.4 Å². The van der Waals surface area contributed by atoms with Crippen LogP contribution in [0.5, 0.6) is 5.75 Å². The van der Waals surface area contributed by atoms with Gasteiger partial charge >= 0.3 is 0 Å². The zero-order valence-electron chi connectivity index (χ0n) is 7.77. The highest BCUT2D eigenvalue weighted by molar-refractivity contribution is 5.62. The first-order chi connectivity index (χ1) is 6.47. The van der Waals surface area contributed by atoms with Crippen molar-refractivity contribution in [2.45, 2.75) is 13.5 Å². The van der Waals surface area contributed by atoms with Crippen LogP contribution in [0.15, 0.2) is 18.2 Å². The van der Waals surface area contributed by atoms with E-state index in [0.29, 0.717) is 11.3 Å². The first-order valence-corrected chi connectivity index (χ1v) is 3.85. The van der Waals surface area contributed by atoms with Gasteiger partial charge in [-0.15, -0.1) is 0 Å². The van der Waals surface area contributed by atoms with Crippen molar-refractivity contribution in [3.63, 3.8) is 0 Å². The third-order valence-electron chi connectivity index (χ3n) is 1.28. The average molecular weight is 199 g/mol. The van der Waals surface area contributed by atoms with Gasteiger partial charge in [-0.25, -0.2) is 0 Å². The predicted octanol–water partition coefficient (Wildman–Crippen LogP) is 0.558. The Bertz CT molecular complexity index is 308. The van der Waals surface area contributed by atoms with Crippen LogP contribution in [0.1, 0.15) is 12.5 Å². The van der Waals surface area contributed by atoms with Crippen LogP contribution < -0.4 is 5.73 Å². The molecule has 5 nitrogen and oxygen atoms in total. The highest BCUT2D eigenvalue weighted by Gasteiger charge is 1.97. The number of aliphatic carboxylic acids is 1. The van der Waals surface area contributed by atoms with E-state index in [1.807, 2.05) is 0 Å². The smallest absolute Gasteiger partial charge is 0.300 e. The standard InChI is InChI=1S/C7H9NO2.C2H4O2/c8-6-2-1-5(4-9)7(10)3-6;1-2(3)4/h1-3,9-10H,4,8H2;1H3,(H,3,4). The molecule has 0 radical (unpaired) electrons. The second kappa shape index (κ2) is 5.82. The van der Waals surface area contributed by atoms with Crippen LogP contribution >= 0.6 is 0 Å². The summed E-state index contributed by atoms with van der Waals surface area (Å²) in [6.07, 6.45) is 0. The topological polar surface area (TPSA) is 104 Å². The SMILES string of the molecule is CC(=O)O.Nc1ccc(CO)c(O)c1. The number of carbonyl (C=O) groups is 1. The van der Waals surface area contributed by atoms with Crippen LogP contribution in [0.3, 0.4) is 0 Å². The number of benzene rings is 1. The Morgan fingerprint density at radius 1 is 1.50 bits per heavy atom. The molecule has 0 amide bonds. The molecular weight excluding hydrogens is 186 g/mol. The number of phenols is 1. The fraction of sp³-hybridized carbons (Fsp3) is 0.222. The minimum atomic E-state index is -0.833. The zero-order valence-corrected chi connectivity index (χ0v) is 7.77. The summed E-state index contributed by atoms with van der Waals surface area (Å²) in [6.45, 7) is 0.923. The Morgan fingerprint density at radius 3 is 2.36 bits per heavy atom. The van der Waals surface area contributed by atoms with Gasteiger partial charge in [0.2, 0.25) is 0 Å². The number of anilines is 1. The second-order valence-electron chi connectivity index (χ2n) is 2.57. The van der Waals surface area contributed by atoms with Crippen molar-refractivity contribution >= 4 is 11.7 Å². The molecule has 0 aliphatic rings. The summed E-state index contributed by atoms with van der Waals surface area (Å²) in [6, 6.07) is 4.63. The predicted molar refractivity (Wildman–Crippen MR) is 51.8 cm³/mol. The van der Waals surface area contributed by atoms with E-state index in [-0.39, 0.29) is 12.4 Å². The molecule has 1 rings (SSSR count). The van der Waals surface area contributed by atoms with E-state index < -0.39 is 5.97 Å². The molecular formula is C9H13NO4. The third-order valence-corrected chi connectivity index (χ3v) is 1.28. The van der Waals surface area contributed by atoms with Crippen molar-refractivity contribution in [2.24, 2.45) is 0 Å². The summed E-state index contributed by atoms with van der Waals surface area (Å²) in [5.41, 5.74) is 6.33. The van der Waals surface area contributed by atoms with Crippen molar-refractivity contribution in [3.05, 3.63) is 23.8 Å². The highest BCUT2D eigenvalue weighted by Crippen LogP contribution is 2.19. The van der Waals surface area contributed by atoms with E-state index in [1.165, 1.54) is 6.07 Å². The molecule has 78 valence electrons. The van der Waals surface area contributed by atoms with Crippen molar-refractivity contribution < 1.29 is 20.1 Å². The Morgan fingerprint density at radius 2 is 2.00 bits per heavy atom. The molecule has 0 fully saturated rings. The molecule has 0 spiro atoms. The van der Waals surface area contributed by atoms with Gasteiger partial charge in [-0.2, -0.15) is 0 Å². The molecule has 0 saturated heterocycles. The monoisotopic (exact) mass is 199 g/mol. The molecule has 5 N–H and O–H groups in total. The molecule has 1 aromatic carbocycles. The van der Waals surface area contributed by atoms with Crippen molar-refractivity contribution in [1.29, 1.82) is 0 Å². The number of hydrogen-bond donors (Lipinski definition) is 4. The molecule has 14 heavy (non-hydrogen) atoms. The minimum Gasteiger partial charge on any atom is -0.508 e. The van der Waals surface area contributed by atoms with Gasteiger partial charge in [0.15, 0.2) is 0 Å². The van der Waals surface area contributed by atoms with E-state index in [9.17, 15) is 0 Å². The molecule has 0 aliphatic heterocycles. The maximum absolute atomic E-state index is 9.05. The van der Waals surface area contributed by atoms with Gasteiger partial charge in [-0.05, 0) is 6.07 Å². The molecule has 0 atom stereocenters. The average Bonchev–Trinajstić information content (AvgIpc) is 2.03. The summed E-state index contributed by atoms with van der Waals surface area (Å²) in [7, 11) is 0. The second-order valence-corrected chi connectivity index (χ2v) is 2.57. The number of aliphatic hydroxyl groups is 1. The summed E-state index contributed by atoms with van der Waals surface area (Å²) in [5, 5.41) is 25.1. The molecule has 0 bridgehead atoms. The van der Waals surface area contributed by atoms with E-state index in [1.54, 1.807) is 12.1 Å². The fourth-order valence-electron chi connectivity index (χ4n) is 0.715. The van der Waals surface area contributed by atoms with Crippen LogP contribution in [0, 0.1) is 0 Å². The molecule has 0 saturated carbocycles. The Kier molecular flexibility index (Phi) is 5.09. The summed E-state index contributed by atoms with van der Waals surface area (Å²) >= 11 is 0. The third kappa shape index (κ3) is 5.00. The van der Waals surface area contributed by atoms with E-state index in [0.717, 1.165) is 6.92 Å². The lowest BCUT2D eigenvalue weighted by molar-refractivity contribution is -0.134. The van der Waals surface area contributed by atoms with Crippen LogP contribution in [0.25, 0.3) is 0 Å². The van der Waals surface area contributed by atoms with Crippen LogP contribution in [0.4, 0.5) is 5.69 Å². The van der Waals surface area contributed by atoms with Gasteiger partial charge < -0.3 is 21.1 Å². The lowest BCUT2D eigenvalue weighted by atomic mass is 10.2. The maximum Gasteiger partial charge on any atom is 0.300 e. The first kappa shape index (κ1) is 12.2. The molecule has 5 heteroatoms. The number of aliphatic hydroxyl groups excluding tert-OH is 1. The molecule has 0 unspecified atom stereocenters. The molecule has 0 aliphatic carbocycles. The summed E-state index contributed by atoms with van der Waals surface area (Å²) in [4.78, 5) is 9.00. The largest absolute Gasteiger partial charge is 0.508 e. The van der Waals surface area contributed by atoms with E-state index >= 15 is 0 Å². The van der Waals surface area contributed by atoms with Crippen molar-refractivity contribution in [3.8, 4) is 5.75 Å². The number of carboxylic acids is 1. The van der Waals surface area contributed by atoms with Gasteiger partial charge in [0, 0.05) is 24.2 Å². The number of carboxylic acid groups (broad SMARTS) is 1. The quantitative estimate of drug-likeness (QED) is 0.495. The van der Waals surface area contributed by atoms with Gasteiger partial charge in [-0.3, -0.25) is 4.79 Å². The summed E-state index contributed by atoms with van der Waals surface area (Å²) in [5.74, 6) is -0.789. The van der Waals surface area contributed by atoms with Gasteiger partial charge in [0.05, 0.1) is 6.61 Å². The number of hydrogen-bond acceptors (Lipinski definition) is 4. The molecule has 0 heterocycles.